The van der Waals surface area contributed by atoms with Gasteiger partial charge in [-0.15, -0.1) is 0 Å². The molecule has 0 amide bonds. The third kappa shape index (κ3) is 8.98. The fourth-order valence-corrected chi connectivity index (χ4v) is 3.24. The standard InChI is InChI=1S/C22H28O.2C3H8/c1-5-16-9-11-19(12-10-16)22(23)20-13-14-21(17(6-2)7-3)18(8-4)15-20;2*1-3-2/h9-15,17H,5-8H2,1-4H3;2*3H2,1-2H3. The molecule has 0 atom stereocenters. The number of hydrogen-bond acceptors (Lipinski definition) is 1. The number of rotatable bonds is 7. The first-order valence-electron chi connectivity index (χ1n) is 11.7. The zero-order chi connectivity index (χ0) is 22.2. The normalized spacial score (nSPS) is 9.97. The van der Waals surface area contributed by atoms with Crippen molar-refractivity contribution < 1.29 is 4.79 Å². The molecule has 1 heteroatoms. The zero-order valence-electron chi connectivity index (χ0n) is 20.3. The summed E-state index contributed by atoms with van der Waals surface area (Å²) in [5.74, 6) is 0.719. The first kappa shape index (κ1) is 27.1. The van der Waals surface area contributed by atoms with Gasteiger partial charge >= 0.3 is 0 Å². The Balaban J connectivity index is 0.00000116. The van der Waals surface area contributed by atoms with Crippen LogP contribution in [-0.2, 0) is 12.8 Å². The van der Waals surface area contributed by atoms with Crippen molar-refractivity contribution in [2.75, 3.05) is 0 Å². The zero-order valence-corrected chi connectivity index (χ0v) is 20.3. The Morgan fingerprint density at radius 1 is 0.690 bits per heavy atom. The molecule has 1 nitrogen and oxygen atoms in total. The predicted molar refractivity (Wildman–Crippen MR) is 130 cm³/mol. The Hall–Kier alpha value is -1.89. The third-order valence-corrected chi connectivity index (χ3v) is 4.84. The number of carbonyl (C=O) groups excluding carboxylic acids is 1. The lowest BCUT2D eigenvalue weighted by molar-refractivity contribution is 0.103. The van der Waals surface area contributed by atoms with Gasteiger partial charge in [0, 0.05) is 11.1 Å². The van der Waals surface area contributed by atoms with Gasteiger partial charge in [-0.25, -0.2) is 0 Å². The third-order valence-electron chi connectivity index (χ3n) is 4.84. The van der Waals surface area contributed by atoms with Gasteiger partial charge in [-0.3, -0.25) is 4.79 Å². The highest BCUT2D eigenvalue weighted by molar-refractivity contribution is 6.09. The first-order valence-corrected chi connectivity index (χ1v) is 11.7. The van der Waals surface area contributed by atoms with Gasteiger partial charge in [0.1, 0.15) is 0 Å². The molecule has 0 bridgehead atoms. The second-order valence-electron chi connectivity index (χ2n) is 7.57. The number of ketones is 1. The van der Waals surface area contributed by atoms with Gasteiger partial charge in [-0.05, 0) is 54.4 Å². The van der Waals surface area contributed by atoms with E-state index in [-0.39, 0.29) is 5.78 Å². The molecule has 0 unspecified atom stereocenters. The van der Waals surface area contributed by atoms with E-state index in [4.69, 9.17) is 0 Å². The van der Waals surface area contributed by atoms with Crippen LogP contribution in [0.15, 0.2) is 42.5 Å². The summed E-state index contributed by atoms with van der Waals surface area (Å²) in [6.45, 7) is 17.3. The van der Waals surface area contributed by atoms with E-state index in [0.29, 0.717) is 5.92 Å². The lowest BCUT2D eigenvalue weighted by atomic mass is 9.87. The van der Waals surface area contributed by atoms with E-state index in [9.17, 15) is 4.79 Å². The molecule has 0 heterocycles. The summed E-state index contributed by atoms with van der Waals surface area (Å²) < 4.78 is 0. The number of benzene rings is 2. The fourth-order valence-electron chi connectivity index (χ4n) is 3.24. The van der Waals surface area contributed by atoms with Crippen molar-refractivity contribution in [3.8, 4) is 0 Å². The van der Waals surface area contributed by atoms with Gasteiger partial charge in [0.05, 0.1) is 0 Å². The Morgan fingerprint density at radius 3 is 1.59 bits per heavy atom. The van der Waals surface area contributed by atoms with Crippen LogP contribution >= 0.6 is 0 Å². The van der Waals surface area contributed by atoms with Crippen LogP contribution in [0.3, 0.4) is 0 Å². The van der Waals surface area contributed by atoms with Crippen molar-refractivity contribution in [3.05, 3.63) is 70.3 Å². The van der Waals surface area contributed by atoms with Crippen molar-refractivity contribution >= 4 is 5.78 Å². The van der Waals surface area contributed by atoms with Gasteiger partial charge in [0.15, 0.2) is 5.78 Å². The van der Waals surface area contributed by atoms with E-state index in [1.165, 1.54) is 29.5 Å². The molecule has 0 aromatic heterocycles. The SMILES string of the molecule is CCC.CCC.CCc1ccc(C(=O)c2ccc(C(CC)CC)c(CC)c2)cc1. The van der Waals surface area contributed by atoms with Crippen LogP contribution < -0.4 is 0 Å². The summed E-state index contributed by atoms with van der Waals surface area (Å²) in [4.78, 5) is 12.7. The lowest BCUT2D eigenvalue weighted by Gasteiger charge is -2.18. The summed E-state index contributed by atoms with van der Waals surface area (Å²) in [5, 5.41) is 0. The molecule has 0 radical (unpaired) electrons. The van der Waals surface area contributed by atoms with Gasteiger partial charge < -0.3 is 0 Å². The molecule has 0 aliphatic rings. The molecule has 0 spiro atoms. The maximum atomic E-state index is 12.7. The van der Waals surface area contributed by atoms with Crippen LogP contribution in [0.2, 0.25) is 0 Å². The van der Waals surface area contributed by atoms with Crippen LogP contribution in [0.4, 0.5) is 0 Å². The molecule has 2 aromatic rings. The Kier molecular flexibility index (Phi) is 14.9. The van der Waals surface area contributed by atoms with Crippen LogP contribution in [0.1, 0.15) is 120 Å². The molecule has 2 rings (SSSR count). The molecular formula is C28H44O. The van der Waals surface area contributed by atoms with Crippen LogP contribution in [0.5, 0.6) is 0 Å². The predicted octanol–water partition coefficient (Wildman–Crippen LogP) is 8.78. The van der Waals surface area contributed by atoms with E-state index in [2.05, 4.69) is 67.5 Å². The van der Waals surface area contributed by atoms with E-state index in [1.54, 1.807) is 0 Å². The van der Waals surface area contributed by atoms with Crippen LogP contribution in [-0.4, -0.2) is 5.78 Å². The minimum atomic E-state index is 0.124. The minimum Gasteiger partial charge on any atom is -0.289 e. The molecule has 0 saturated heterocycles. The Bertz CT molecular complexity index is 676. The number of hydrogen-bond donors (Lipinski definition) is 0. The summed E-state index contributed by atoms with van der Waals surface area (Å²) in [7, 11) is 0. The van der Waals surface area contributed by atoms with Crippen molar-refractivity contribution in [1.82, 2.24) is 0 Å². The fraction of sp³-hybridized carbons (Fsp3) is 0.536. The average molecular weight is 397 g/mol. The summed E-state index contributed by atoms with van der Waals surface area (Å²) in [6.07, 6.45) is 6.77. The first-order chi connectivity index (χ1) is 14.0. The van der Waals surface area contributed by atoms with E-state index < -0.39 is 0 Å². The summed E-state index contributed by atoms with van der Waals surface area (Å²) >= 11 is 0. The molecule has 0 saturated carbocycles. The maximum absolute atomic E-state index is 12.7. The second-order valence-corrected chi connectivity index (χ2v) is 7.57. The maximum Gasteiger partial charge on any atom is 0.193 e. The van der Waals surface area contributed by atoms with E-state index in [1.807, 2.05) is 30.3 Å². The quantitative estimate of drug-likeness (QED) is 0.427. The highest BCUT2D eigenvalue weighted by atomic mass is 16.1. The monoisotopic (exact) mass is 396 g/mol. The van der Waals surface area contributed by atoms with Crippen molar-refractivity contribution in [2.24, 2.45) is 0 Å². The molecule has 0 aliphatic heterocycles. The molecular weight excluding hydrogens is 352 g/mol. The molecule has 2 aromatic carbocycles. The van der Waals surface area contributed by atoms with Crippen molar-refractivity contribution in [3.63, 3.8) is 0 Å². The molecule has 29 heavy (non-hydrogen) atoms. The molecule has 162 valence electrons. The average Bonchev–Trinajstić information content (AvgIpc) is 2.75. The van der Waals surface area contributed by atoms with Gasteiger partial charge in [0.2, 0.25) is 0 Å². The molecule has 0 fully saturated rings. The number of aryl methyl sites for hydroxylation is 2. The molecule has 0 N–H and O–H groups in total. The highest BCUT2D eigenvalue weighted by Gasteiger charge is 2.15. The largest absolute Gasteiger partial charge is 0.289 e. The topological polar surface area (TPSA) is 17.1 Å². The second kappa shape index (κ2) is 16.0. The van der Waals surface area contributed by atoms with E-state index in [0.717, 1.165) is 36.8 Å². The number of carbonyl (C=O) groups is 1. The smallest absolute Gasteiger partial charge is 0.193 e. The van der Waals surface area contributed by atoms with Crippen molar-refractivity contribution in [1.29, 1.82) is 0 Å². The van der Waals surface area contributed by atoms with E-state index >= 15 is 0 Å². The molecule has 0 aliphatic carbocycles. The van der Waals surface area contributed by atoms with Gasteiger partial charge in [-0.2, -0.15) is 0 Å². The highest BCUT2D eigenvalue weighted by Crippen LogP contribution is 2.28. The lowest BCUT2D eigenvalue weighted by Crippen LogP contribution is -2.06. The van der Waals surface area contributed by atoms with Crippen LogP contribution in [0.25, 0.3) is 0 Å². The minimum absolute atomic E-state index is 0.124. The van der Waals surface area contributed by atoms with Gasteiger partial charge in [0.25, 0.3) is 0 Å². The van der Waals surface area contributed by atoms with Crippen molar-refractivity contribution in [2.45, 2.75) is 99.8 Å². The van der Waals surface area contributed by atoms with Crippen LogP contribution in [0, 0.1) is 0 Å². The summed E-state index contributed by atoms with van der Waals surface area (Å²) in [6, 6.07) is 14.3. The van der Waals surface area contributed by atoms with Gasteiger partial charge in [-0.1, -0.05) is 105 Å². The summed E-state index contributed by atoms with van der Waals surface area (Å²) in [5.41, 5.74) is 5.57. The Labute approximate surface area is 181 Å². The Morgan fingerprint density at radius 2 is 1.17 bits per heavy atom.